The number of benzene rings is 2. The van der Waals surface area contributed by atoms with E-state index in [0.717, 1.165) is 17.7 Å². The molecule has 41 heavy (non-hydrogen) atoms. The Kier molecular flexibility index (Phi) is 7.64. The van der Waals surface area contributed by atoms with Crippen LogP contribution in [0.2, 0.25) is 0 Å². The molecule has 0 atom stereocenters. The number of ether oxygens (including phenoxy) is 4. The molecule has 0 spiro atoms. The van der Waals surface area contributed by atoms with Crippen LogP contribution in [0.25, 0.3) is 10.9 Å². The number of hydrogen-bond donors (Lipinski definition) is 1. The number of hydrogen-bond acceptors (Lipinski definition) is 9. The summed E-state index contributed by atoms with van der Waals surface area (Å²) in [7, 11) is 1.56. The van der Waals surface area contributed by atoms with Crippen LogP contribution in [-0.4, -0.2) is 57.6 Å². The first-order chi connectivity index (χ1) is 19.6. The fraction of sp³-hybridized carbons (Fsp3) is 0.345. The molecule has 0 aliphatic carbocycles. The molecular weight excluding hydrogens is 528 g/mol. The van der Waals surface area contributed by atoms with Crippen molar-refractivity contribution in [1.29, 1.82) is 0 Å². The predicted molar refractivity (Wildman–Crippen MR) is 152 cm³/mol. The van der Waals surface area contributed by atoms with Gasteiger partial charge in [0.25, 0.3) is 0 Å². The van der Waals surface area contributed by atoms with Gasteiger partial charge in [0.1, 0.15) is 18.5 Å². The molecule has 0 saturated heterocycles. The molecule has 2 aromatic carbocycles. The van der Waals surface area contributed by atoms with Gasteiger partial charge in [-0.05, 0) is 57.9 Å². The molecule has 0 fully saturated rings. The average Bonchev–Trinajstić information content (AvgIpc) is 3.54. The number of anilines is 2. The second-order valence-electron chi connectivity index (χ2n) is 10.4. The maximum absolute atomic E-state index is 12.8. The molecule has 2 aromatic heterocycles. The molecule has 0 bridgehead atoms. The topological polar surface area (TPSA) is 130 Å². The molecule has 2 amide bonds. The van der Waals surface area contributed by atoms with Crippen LogP contribution in [0.5, 0.6) is 23.1 Å². The van der Waals surface area contributed by atoms with Gasteiger partial charge in [-0.25, -0.2) is 14.8 Å². The van der Waals surface area contributed by atoms with E-state index < -0.39 is 11.7 Å². The fourth-order valence-electron chi connectivity index (χ4n) is 4.46. The number of amides is 2. The van der Waals surface area contributed by atoms with Crippen molar-refractivity contribution in [3.8, 4) is 23.1 Å². The molecule has 12 nitrogen and oxygen atoms in total. The highest BCUT2D eigenvalue weighted by atomic mass is 16.6. The van der Waals surface area contributed by atoms with Gasteiger partial charge in [0.2, 0.25) is 11.8 Å². The van der Waals surface area contributed by atoms with Crippen molar-refractivity contribution in [3.05, 3.63) is 54.6 Å². The molecule has 214 valence electrons. The molecular formula is C29H32N6O6. The monoisotopic (exact) mass is 560 g/mol. The van der Waals surface area contributed by atoms with Crippen molar-refractivity contribution in [2.24, 2.45) is 0 Å². The maximum atomic E-state index is 12.8. The largest absolute Gasteiger partial charge is 0.493 e. The lowest BCUT2D eigenvalue weighted by Crippen LogP contribution is -2.35. The number of methoxy groups -OCH3 is 1. The highest BCUT2D eigenvalue weighted by molar-refractivity contribution is 5.95. The van der Waals surface area contributed by atoms with Gasteiger partial charge in [-0.3, -0.25) is 14.4 Å². The third-order valence-corrected chi connectivity index (χ3v) is 6.19. The number of aromatic nitrogens is 4. The molecule has 0 unspecified atom stereocenters. The Labute approximate surface area is 237 Å². The first-order valence-electron chi connectivity index (χ1n) is 13.2. The number of carbonyl (C=O) groups excluding carboxylic acids is 2. The first-order valence-corrected chi connectivity index (χ1v) is 13.2. The summed E-state index contributed by atoms with van der Waals surface area (Å²) < 4.78 is 24.0. The summed E-state index contributed by atoms with van der Waals surface area (Å²) in [6, 6.07) is 9.04. The van der Waals surface area contributed by atoms with Crippen LogP contribution < -0.4 is 24.4 Å². The quantitative estimate of drug-likeness (QED) is 0.318. The Morgan fingerprint density at radius 2 is 1.93 bits per heavy atom. The van der Waals surface area contributed by atoms with E-state index in [2.05, 4.69) is 20.4 Å². The molecule has 4 aromatic rings. The van der Waals surface area contributed by atoms with Crippen molar-refractivity contribution < 1.29 is 28.5 Å². The van der Waals surface area contributed by atoms with Gasteiger partial charge < -0.3 is 24.3 Å². The minimum Gasteiger partial charge on any atom is -0.493 e. The molecule has 1 aliphatic heterocycles. The summed E-state index contributed by atoms with van der Waals surface area (Å²) in [5.41, 5.74) is 2.35. The summed E-state index contributed by atoms with van der Waals surface area (Å²) in [5.74, 6) is 1.53. The summed E-state index contributed by atoms with van der Waals surface area (Å²) in [4.78, 5) is 35.6. The van der Waals surface area contributed by atoms with E-state index in [-0.39, 0.29) is 12.5 Å². The number of nitrogens with one attached hydrogen (secondary N) is 1. The van der Waals surface area contributed by atoms with E-state index in [1.54, 1.807) is 36.4 Å². The third kappa shape index (κ3) is 6.32. The summed E-state index contributed by atoms with van der Waals surface area (Å²) in [5, 5.41) is 7.75. The average molecular weight is 561 g/mol. The summed E-state index contributed by atoms with van der Waals surface area (Å²) in [6.45, 7) is 8.34. The molecule has 12 heteroatoms. The van der Waals surface area contributed by atoms with Gasteiger partial charge in [-0.1, -0.05) is 6.07 Å². The van der Waals surface area contributed by atoms with Crippen LogP contribution in [0.4, 0.5) is 16.2 Å². The van der Waals surface area contributed by atoms with Crippen molar-refractivity contribution in [2.75, 3.05) is 30.5 Å². The van der Waals surface area contributed by atoms with Crippen molar-refractivity contribution in [1.82, 2.24) is 19.7 Å². The number of nitrogens with zero attached hydrogens (tertiary/aromatic N) is 5. The van der Waals surface area contributed by atoms with E-state index in [1.165, 1.54) is 17.2 Å². The second-order valence-corrected chi connectivity index (χ2v) is 10.4. The first kappa shape index (κ1) is 27.7. The van der Waals surface area contributed by atoms with E-state index in [0.29, 0.717) is 52.9 Å². The minimum absolute atomic E-state index is 0.0493. The van der Waals surface area contributed by atoms with Gasteiger partial charge in [-0.15, -0.1) is 0 Å². The predicted octanol–water partition coefficient (Wildman–Crippen LogP) is 4.96. The molecule has 5 rings (SSSR count). The lowest BCUT2D eigenvalue weighted by atomic mass is 10.1. The lowest BCUT2D eigenvalue weighted by molar-refractivity contribution is -0.116. The lowest BCUT2D eigenvalue weighted by Gasteiger charge is -2.25. The van der Waals surface area contributed by atoms with Crippen molar-refractivity contribution >= 4 is 34.3 Å². The summed E-state index contributed by atoms with van der Waals surface area (Å²) in [6.07, 6.45) is 4.82. The minimum atomic E-state index is -0.599. The standard InChI is InChI=1S/C29H32N6O6/c1-6-39-25-13-22-21(12-24(25)38-5)27(31-17-30-22)40-20-14-32-34(15-20)16-26(36)33-19-8-7-18-9-10-35(23(18)11-19)28(37)41-29(2,3)4/h7-8,11-15,17H,6,9-10,16H2,1-5H3,(H,33,36). The van der Waals surface area contributed by atoms with E-state index in [4.69, 9.17) is 18.9 Å². The Morgan fingerprint density at radius 1 is 1.10 bits per heavy atom. The van der Waals surface area contributed by atoms with Gasteiger partial charge in [0, 0.05) is 18.3 Å². The maximum Gasteiger partial charge on any atom is 0.414 e. The molecule has 1 aliphatic rings. The smallest absolute Gasteiger partial charge is 0.414 e. The SMILES string of the molecule is CCOc1cc2ncnc(Oc3cnn(CC(=O)Nc4ccc5c(c4)N(C(=O)OC(C)(C)C)CC5)c3)c2cc1OC. The molecule has 0 saturated carbocycles. The van der Waals surface area contributed by atoms with Crippen molar-refractivity contribution in [2.45, 2.75) is 46.3 Å². The number of carbonyl (C=O) groups is 2. The fourth-order valence-corrected chi connectivity index (χ4v) is 4.46. The molecule has 3 heterocycles. The van der Waals surface area contributed by atoms with Crippen LogP contribution in [0.3, 0.4) is 0 Å². The zero-order chi connectivity index (χ0) is 29.1. The second kappa shape index (κ2) is 11.3. The van der Waals surface area contributed by atoms with Crippen LogP contribution in [0.15, 0.2) is 49.1 Å². The van der Waals surface area contributed by atoms with Crippen LogP contribution in [0, 0.1) is 0 Å². The van der Waals surface area contributed by atoms with Crippen LogP contribution in [-0.2, 0) is 22.5 Å². The van der Waals surface area contributed by atoms with E-state index in [1.807, 2.05) is 39.8 Å². The van der Waals surface area contributed by atoms with Gasteiger partial charge in [-0.2, -0.15) is 5.10 Å². The van der Waals surface area contributed by atoms with E-state index >= 15 is 0 Å². The number of rotatable bonds is 8. The Hall–Kier alpha value is -4.87. The Morgan fingerprint density at radius 3 is 2.68 bits per heavy atom. The van der Waals surface area contributed by atoms with Crippen molar-refractivity contribution in [3.63, 3.8) is 0 Å². The van der Waals surface area contributed by atoms with Crippen LogP contribution >= 0.6 is 0 Å². The summed E-state index contributed by atoms with van der Waals surface area (Å²) >= 11 is 0. The normalized spacial score (nSPS) is 12.7. The van der Waals surface area contributed by atoms with E-state index in [9.17, 15) is 9.59 Å². The van der Waals surface area contributed by atoms with Gasteiger partial charge >= 0.3 is 6.09 Å². The highest BCUT2D eigenvalue weighted by Crippen LogP contribution is 2.36. The highest BCUT2D eigenvalue weighted by Gasteiger charge is 2.29. The van der Waals surface area contributed by atoms with Gasteiger partial charge in [0.15, 0.2) is 17.2 Å². The van der Waals surface area contributed by atoms with Crippen LogP contribution in [0.1, 0.15) is 33.3 Å². The molecule has 1 N–H and O–H groups in total. The Balaban J connectivity index is 1.25. The zero-order valence-electron chi connectivity index (χ0n) is 23.6. The third-order valence-electron chi connectivity index (χ3n) is 6.19. The number of fused-ring (bicyclic) bond motifs is 2. The Bertz CT molecular complexity index is 1590. The zero-order valence-corrected chi connectivity index (χ0v) is 23.6. The van der Waals surface area contributed by atoms with Gasteiger partial charge in [0.05, 0.1) is 42.7 Å². The molecule has 0 radical (unpaired) electrons.